The number of fused-ring (bicyclic) bond motifs is 2. The number of nitrogens with zero attached hydrogens (tertiary/aromatic N) is 1. The first kappa shape index (κ1) is 13.9. The van der Waals surface area contributed by atoms with E-state index in [9.17, 15) is 14.7 Å². The van der Waals surface area contributed by atoms with Gasteiger partial charge in [-0.05, 0) is 31.2 Å². The smallest absolute Gasteiger partial charge is 0.410 e. The van der Waals surface area contributed by atoms with E-state index in [4.69, 9.17) is 4.74 Å². The van der Waals surface area contributed by atoms with E-state index < -0.39 is 11.9 Å². The predicted octanol–water partition coefficient (Wildman–Crippen LogP) is 2.65. The molecule has 0 radical (unpaired) electrons. The Morgan fingerprint density at radius 1 is 1.14 bits per heavy atom. The molecule has 3 atom stereocenters. The van der Waals surface area contributed by atoms with Crippen molar-refractivity contribution in [3.05, 3.63) is 35.9 Å². The van der Waals surface area contributed by atoms with Crippen LogP contribution in [0.1, 0.15) is 31.2 Å². The second-order valence-electron chi connectivity index (χ2n) is 5.77. The van der Waals surface area contributed by atoms with Gasteiger partial charge >= 0.3 is 12.1 Å². The third-order valence-corrected chi connectivity index (χ3v) is 4.55. The third-order valence-electron chi connectivity index (χ3n) is 4.55. The number of piperidine rings is 1. The van der Waals surface area contributed by atoms with E-state index in [1.54, 1.807) is 4.90 Å². The molecule has 0 aromatic heterocycles. The van der Waals surface area contributed by atoms with Crippen molar-refractivity contribution in [2.24, 2.45) is 5.92 Å². The molecule has 0 unspecified atom stereocenters. The largest absolute Gasteiger partial charge is 0.481 e. The van der Waals surface area contributed by atoms with Crippen molar-refractivity contribution in [1.82, 2.24) is 4.90 Å². The fourth-order valence-electron chi connectivity index (χ4n) is 3.52. The number of hydrogen-bond acceptors (Lipinski definition) is 3. The summed E-state index contributed by atoms with van der Waals surface area (Å²) in [6.45, 7) is 0.230. The maximum atomic E-state index is 12.3. The van der Waals surface area contributed by atoms with Crippen LogP contribution in [0.4, 0.5) is 4.79 Å². The monoisotopic (exact) mass is 289 g/mol. The Kier molecular flexibility index (Phi) is 3.82. The molecule has 0 aliphatic carbocycles. The first-order valence-corrected chi connectivity index (χ1v) is 7.38. The van der Waals surface area contributed by atoms with Gasteiger partial charge in [-0.25, -0.2) is 4.79 Å². The Labute approximate surface area is 123 Å². The lowest BCUT2D eigenvalue weighted by molar-refractivity contribution is -0.145. The fourth-order valence-corrected chi connectivity index (χ4v) is 3.52. The summed E-state index contributed by atoms with van der Waals surface area (Å²) < 4.78 is 5.37. The highest BCUT2D eigenvalue weighted by Crippen LogP contribution is 2.39. The Morgan fingerprint density at radius 2 is 1.86 bits per heavy atom. The molecule has 112 valence electrons. The van der Waals surface area contributed by atoms with E-state index in [0.717, 1.165) is 24.8 Å². The first-order valence-electron chi connectivity index (χ1n) is 7.38. The van der Waals surface area contributed by atoms with Crippen molar-refractivity contribution in [3.63, 3.8) is 0 Å². The lowest BCUT2D eigenvalue weighted by Gasteiger charge is -2.37. The molecule has 0 spiro atoms. The van der Waals surface area contributed by atoms with Gasteiger partial charge in [0, 0.05) is 12.1 Å². The number of carboxylic acids is 1. The number of amides is 1. The molecule has 1 aromatic carbocycles. The summed E-state index contributed by atoms with van der Waals surface area (Å²) in [6, 6.07) is 9.45. The molecule has 2 bridgehead atoms. The zero-order valence-electron chi connectivity index (χ0n) is 11.8. The lowest BCUT2D eigenvalue weighted by atomic mass is 9.91. The molecule has 1 aromatic rings. The predicted molar refractivity (Wildman–Crippen MR) is 75.6 cm³/mol. The average molecular weight is 289 g/mol. The topological polar surface area (TPSA) is 66.8 Å². The summed E-state index contributed by atoms with van der Waals surface area (Å²) in [6.07, 6.45) is 2.69. The number of carboxylic acid groups (broad SMARTS) is 1. The second kappa shape index (κ2) is 5.76. The van der Waals surface area contributed by atoms with E-state index in [1.165, 1.54) is 0 Å². The molecule has 0 saturated carbocycles. The molecular formula is C16H19NO4. The number of rotatable bonds is 3. The van der Waals surface area contributed by atoms with Gasteiger partial charge in [0.15, 0.2) is 0 Å². The van der Waals surface area contributed by atoms with Crippen molar-refractivity contribution >= 4 is 12.1 Å². The molecule has 5 nitrogen and oxygen atoms in total. The molecule has 5 heteroatoms. The van der Waals surface area contributed by atoms with Crippen LogP contribution in [-0.2, 0) is 16.1 Å². The maximum Gasteiger partial charge on any atom is 0.410 e. The SMILES string of the molecule is O=C(O)[C@@H]1CC[C@H]2CC[C@@H]1N2C(=O)OCc1ccccc1. The van der Waals surface area contributed by atoms with Crippen LogP contribution >= 0.6 is 0 Å². The van der Waals surface area contributed by atoms with Gasteiger partial charge in [-0.1, -0.05) is 30.3 Å². The average Bonchev–Trinajstić information content (AvgIpc) is 2.78. The molecule has 21 heavy (non-hydrogen) atoms. The van der Waals surface area contributed by atoms with E-state index in [0.29, 0.717) is 6.42 Å². The zero-order valence-corrected chi connectivity index (χ0v) is 11.8. The highest BCUT2D eigenvalue weighted by molar-refractivity contribution is 5.75. The number of carbonyl (C=O) groups is 2. The van der Waals surface area contributed by atoms with E-state index in [-0.39, 0.29) is 24.8 Å². The van der Waals surface area contributed by atoms with E-state index >= 15 is 0 Å². The molecule has 2 saturated heterocycles. The van der Waals surface area contributed by atoms with E-state index in [1.807, 2.05) is 30.3 Å². The zero-order chi connectivity index (χ0) is 14.8. The second-order valence-corrected chi connectivity index (χ2v) is 5.77. The molecule has 2 aliphatic heterocycles. The molecule has 2 fully saturated rings. The summed E-state index contributed by atoms with van der Waals surface area (Å²) in [5.74, 6) is -1.26. The van der Waals surface area contributed by atoms with Crippen LogP contribution in [0.25, 0.3) is 0 Å². The van der Waals surface area contributed by atoms with Crippen molar-refractivity contribution in [2.75, 3.05) is 0 Å². The van der Waals surface area contributed by atoms with Crippen molar-refractivity contribution in [2.45, 2.75) is 44.4 Å². The van der Waals surface area contributed by atoms with E-state index in [2.05, 4.69) is 0 Å². The summed E-state index contributed by atoms with van der Waals surface area (Å²) in [7, 11) is 0. The lowest BCUT2D eigenvalue weighted by Crippen LogP contribution is -2.50. The Hall–Kier alpha value is -2.04. The Morgan fingerprint density at radius 3 is 2.57 bits per heavy atom. The molecule has 2 aliphatic rings. The van der Waals surface area contributed by atoms with Gasteiger partial charge in [0.1, 0.15) is 6.61 Å². The molecular weight excluding hydrogens is 270 g/mol. The number of carbonyl (C=O) groups excluding carboxylic acids is 1. The minimum atomic E-state index is -0.804. The fraction of sp³-hybridized carbons (Fsp3) is 0.500. The van der Waals surface area contributed by atoms with Gasteiger partial charge in [-0.2, -0.15) is 0 Å². The van der Waals surface area contributed by atoms with Gasteiger partial charge < -0.3 is 14.7 Å². The van der Waals surface area contributed by atoms with Crippen LogP contribution in [0.5, 0.6) is 0 Å². The van der Waals surface area contributed by atoms with Crippen LogP contribution in [0, 0.1) is 5.92 Å². The number of hydrogen-bond donors (Lipinski definition) is 1. The van der Waals surface area contributed by atoms with Crippen LogP contribution in [0.15, 0.2) is 30.3 Å². The summed E-state index contributed by atoms with van der Waals surface area (Å²) in [4.78, 5) is 25.3. The van der Waals surface area contributed by atoms with Crippen molar-refractivity contribution in [3.8, 4) is 0 Å². The standard InChI is InChI=1S/C16H19NO4/c18-15(19)13-8-6-12-7-9-14(13)17(12)16(20)21-10-11-4-2-1-3-5-11/h1-5,12-14H,6-10H2,(H,18,19)/t12-,13+,14-/m0/s1. The third kappa shape index (κ3) is 2.73. The van der Waals surface area contributed by atoms with Crippen LogP contribution in [0.2, 0.25) is 0 Å². The van der Waals surface area contributed by atoms with Crippen LogP contribution in [0.3, 0.4) is 0 Å². The molecule has 1 N–H and O–H groups in total. The minimum Gasteiger partial charge on any atom is -0.481 e. The first-order chi connectivity index (χ1) is 10.2. The van der Waals surface area contributed by atoms with Crippen LogP contribution in [-0.4, -0.2) is 34.2 Å². The summed E-state index contributed by atoms with van der Waals surface area (Å²) in [5, 5.41) is 9.29. The number of benzene rings is 1. The van der Waals surface area contributed by atoms with Gasteiger partial charge in [-0.3, -0.25) is 4.79 Å². The highest BCUT2D eigenvalue weighted by atomic mass is 16.6. The number of aliphatic carboxylic acids is 1. The van der Waals surface area contributed by atoms with Crippen molar-refractivity contribution < 1.29 is 19.4 Å². The van der Waals surface area contributed by atoms with Gasteiger partial charge in [0.25, 0.3) is 0 Å². The Balaban J connectivity index is 1.65. The van der Waals surface area contributed by atoms with Gasteiger partial charge in [0.2, 0.25) is 0 Å². The summed E-state index contributed by atoms with van der Waals surface area (Å²) >= 11 is 0. The maximum absolute atomic E-state index is 12.3. The summed E-state index contributed by atoms with van der Waals surface area (Å²) in [5.41, 5.74) is 0.935. The highest BCUT2D eigenvalue weighted by Gasteiger charge is 2.48. The van der Waals surface area contributed by atoms with Gasteiger partial charge in [0.05, 0.1) is 5.92 Å². The number of ether oxygens (including phenoxy) is 1. The molecule has 2 heterocycles. The van der Waals surface area contributed by atoms with Gasteiger partial charge in [-0.15, -0.1) is 0 Å². The Bertz CT molecular complexity index is 530. The van der Waals surface area contributed by atoms with Crippen molar-refractivity contribution in [1.29, 1.82) is 0 Å². The quantitative estimate of drug-likeness (QED) is 0.929. The normalized spacial score (nSPS) is 27.4. The molecule has 3 rings (SSSR count). The van der Waals surface area contributed by atoms with Crippen LogP contribution < -0.4 is 0 Å². The molecule has 1 amide bonds. The minimum absolute atomic E-state index is 0.147.